The van der Waals surface area contributed by atoms with Gasteiger partial charge in [0.1, 0.15) is 0 Å². The molecule has 1 rings (SSSR count). The van der Waals surface area contributed by atoms with Gasteiger partial charge in [0, 0.05) is 6.92 Å². The van der Waals surface area contributed by atoms with Gasteiger partial charge in [-0.1, -0.05) is 32.0 Å². The Morgan fingerprint density at radius 2 is 1.82 bits per heavy atom. The Morgan fingerprint density at radius 3 is 2.29 bits per heavy atom. The van der Waals surface area contributed by atoms with Crippen LogP contribution in [0, 0.1) is 5.92 Å². The van der Waals surface area contributed by atoms with E-state index >= 15 is 0 Å². The van der Waals surface area contributed by atoms with Gasteiger partial charge in [0.2, 0.25) is 0 Å². The molecule has 1 aromatic carbocycles. The number of benzene rings is 1. The summed E-state index contributed by atoms with van der Waals surface area (Å²) in [6, 6.07) is 8.81. The first-order valence-corrected chi connectivity index (χ1v) is 5.57. The van der Waals surface area contributed by atoms with E-state index in [9.17, 15) is 9.59 Å². The van der Waals surface area contributed by atoms with Crippen LogP contribution in [0.15, 0.2) is 30.3 Å². The molecule has 0 atom stereocenters. The highest BCUT2D eigenvalue weighted by Gasteiger charge is 2.17. The van der Waals surface area contributed by atoms with E-state index < -0.39 is 5.97 Å². The zero-order valence-electron chi connectivity index (χ0n) is 10.3. The lowest BCUT2D eigenvalue weighted by atomic mass is 10.1. The number of hydrogen-bond donors (Lipinski definition) is 0. The van der Waals surface area contributed by atoms with E-state index in [0.29, 0.717) is 5.69 Å². The molecule has 0 aliphatic heterocycles. The molecular weight excluding hydrogens is 218 g/mol. The third-order valence-corrected chi connectivity index (χ3v) is 2.04. The van der Waals surface area contributed by atoms with Crippen molar-refractivity contribution in [2.75, 3.05) is 5.06 Å². The molecule has 17 heavy (non-hydrogen) atoms. The fourth-order valence-corrected chi connectivity index (χ4v) is 1.33. The van der Waals surface area contributed by atoms with Crippen LogP contribution in [0.2, 0.25) is 0 Å². The number of hydroxylamine groups is 1. The van der Waals surface area contributed by atoms with Crippen molar-refractivity contribution < 1.29 is 14.4 Å². The summed E-state index contributed by atoms with van der Waals surface area (Å²) in [5.74, 6) is -0.528. The zero-order chi connectivity index (χ0) is 12.8. The number of para-hydroxylation sites is 1. The Labute approximate surface area is 101 Å². The number of nitrogens with zero attached hydrogens (tertiary/aromatic N) is 1. The highest BCUT2D eigenvalue weighted by molar-refractivity contribution is 5.91. The summed E-state index contributed by atoms with van der Waals surface area (Å²) in [6.07, 6.45) is 0.288. The van der Waals surface area contributed by atoms with Gasteiger partial charge in [0.25, 0.3) is 5.91 Å². The molecule has 4 heteroatoms. The van der Waals surface area contributed by atoms with Crippen LogP contribution in [0.3, 0.4) is 0 Å². The minimum absolute atomic E-state index is 0.201. The SMILES string of the molecule is CC(=O)N(OC(=O)CC(C)C)c1ccccc1. The van der Waals surface area contributed by atoms with Crippen molar-refractivity contribution in [1.82, 2.24) is 0 Å². The summed E-state index contributed by atoms with van der Waals surface area (Å²) < 4.78 is 0. The molecule has 1 aromatic rings. The number of hydrogen-bond acceptors (Lipinski definition) is 3. The Kier molecular flexibility index (Phi) is 4.69. The fourth-order valence-electron chi connectivity index (χ4n) is 1.33. The van der Waals surface area contributed by atoms with E-state index in [4.69, 9.17) is 4.84 Å². The Balaban J connectivity index is 2.75. The van der Waals surface area contributed by atoms with Crippen molar-refractivity contribution in [2.45, 2.75) is 27.2 Å². The van der Waals surface area contributed by atoms with Gasteiger partial charge in [-0.25, -0.2) is 4.79 Å². The standard InChI is InChI=1S/C13H17NO3/c1-10(2)9-13(16)17-14(11(3)15)12-7-5-4-6-8-12/h4-8,10H,9H2,1-3H3. The average molecular weight is 235 g/mol. The number of carbonyl (C=O) groups excluding carboxylic acids is 2. The van der Waals surface area contributed by atoms with E-state index in [1.165, 1.54) is 6.92 Å². The van der Waals surface area contributed by atoms with Gasteiger partial charge in [-0.2, -0.15) is 0 Å². The molecule has 1 amide bonds. The van der Waals surface area contributed by atoms with Gasteiger partial charge < -0.3 is 4.84 Å². The normalized spacial score (nSPS) is 10.1. The highest BCUT2D eigenvalue weighted by Crippen LogP contribution is 2.15. The maximum absolute atomic E-state index is 11.5. The Bertz CT molecular complexity index is 387. The van der Waals surface area contributed by atoms with E-state index in [1.54, 1.807) is 24.3 Å². The molecular formula is C13H17NO3. The lowest BCUT2D eigenvalue weighted by Crippen LogP contribution is -2.31. The molecule has 0 saturated heterocycles. The van der Waals surface area contributed by atoms with E-state index in [-0.39, 0.29) is 18.2 Å². The zero-order valence-corrected chi connectivity index (χ0v) is 10.3. The van der Waals surface area contributed by atoms with E-state index in [1.807, 2.05) is 19.9 Å². The number of carbonyl (C=O) groups is 2. The molecule has 0 radical (unpaired) electrons. The van der Waals surface area contributed by atoms with Gasteiger partial charge in [0.05, 0.1) is 12.1 Å². The molecule has 92 valence electrons. The molecule has 0 N–H and O–H groups in total. The van der Waals surface area contributed by atoms with Crippen molar-refractivity contribution in [3.05, 3.63) is 30.3 Å². The predicted octanol–water partition coefficient (Wildman–Crippen LogP) is 2.54. The first kappa shape index (κ1) is 13.2. The minimum Gasteiger partial charge on any atom is -0.333 e. The summed E-state index contributed by atoms with van der Waals surface area (Å²) in [5, 5.41) is 1.02. The summed E-state index contributed by atoms with van der Waals surface area (Å²) in [4.78, 5) is 28.0. The van der Waals surface area contributed by atoms with Crippen LogP contribution in [0.4, 0.5) is 5.69 Å². The van der Waals surface area contributed by atoms with Gasteiger partial charge in [-0.15, -0.1) is 5.06 Å². The van der Waals surface area contributed by atoms with Crippen LogP contribution in [0.5, 0.6) is 0 Å². The smallest absolute Gasteiger partial charge is 0.333 e. The van der Waals surface area contributed by atoms with Crippen LogP contribution in [0.25, 0.3) is 0 Å². The van der Waals surface area contributed by atoms with Crippen molar-refractivity contribution in [3.63, 3.8) is 0 Å². The highest BCUT2D eigenvalue weighted by atomic mass is 16.7. The topological polar surface area (TPSA) is 46.6 Å². The number of amides is 1. The number of anilines is 1. The second kappa shape index (κ2) is 6.03. The van der Waals surface area contributed by atoms with Crippen molar-refractivity contribution >= 4 is 17.6 Å². The third kappa shape index (κ3) is 4.26. The molecule has 0 bridgehead atoms. The molecule has 0 aliphatic rings. The fraction of sp³-hybridized carbons (Fsp3) is 0.385. The minimum atomic E-state index is -0.404. The Morgan fingerprint density at radius 1 is 1.24 bits per heavy atom. The van der Waals surface area contributed by atoms with Crippen LogP contribution in [-0.4, -0.2) is 11.9 Å². The molecule has 0 aliphatic carbocycles. The molecule has 0 saturated carbocycles. The van der Waals surface area contributed by atoms with Crippen LogP contribution in [-0.2, 0) is 14.4 Å². The van der Waals surface area contributed by atoms with Crippen LogP contribution in [0.1, 0.15) is 27.2 Å². The van der Waals surface area contributed by atoms with E-state index in [2.05, 4.69) is 0 Å². The van der Waals surface area contributed by atoms with Gasteiger partial charge >= 0.3 is 5.97 Å². The first-order chi connectivity index (χ1) is 8.00. The molecule has 0 spiro atoms. The lowest BCUT2D eigenvalue weighted by molar-refractivity contribution is -0.150. The maximum atomic E-state index is 11.5. The number of rotatable bonds is 3. The summed E-state index contributed by atoms with van der Waals surface area (Å²) in [6.45, 7) is 5.19. The second-order valence-electron chi connectivity index (χ2n) is 4.21. The second-order valence-corrected chi connectivity index (χ2v) is 4.21. The molecule has 0 fully saturated rings. The molecule has 0 aromatic heterocycles. The first-order valence-electron chi connectivity index (χ1n) is 5.57. The molecule has 0 unspecified atom stereocenters. The predicted molar refractivity (Wildman–Crippen MR) is 65.1 cm³/mol. The van der Waals surface area contributed by atoms with Crippen molar-refractivity contribution in [1.29, 1.82) is 0 Å². The van der Waals surface area contributed by atoms with Crippen LogP contribution >= 0.6 is 0 Å². The summed E-state index contributed by atoms with van der Waals surface area (Å²) in [5.41, 5.74) is 0.553. The molecule has 0 heterocycles. The summed E-state index contributed by atoms with van der Waals surface area (Å²) >= 11 is 0. The lowest BCUT2D eigenvalue weighted by Gasteiger charge is -2.19. The van der Waals surface area contributed by atoms with Gasteiger partial charge in [0.15, 0.2) is 0 Å². The van der Waals surface area contributed by atoms with Crippen molar-refractivity contribution in [2.24, 2.45) is 5.92 Å². The maximum Gasteiger partial charge on any atom is 0.333 e. The monoisotopic (exact) mass is 235 g/mol. The van der Waals surface area contributed by atoms with Crippen LogP contribution < -0.4 is 5.06 Å². The quantitative estimate of drug-likeness (QED) is 0.756. The summed E-state index contributed by atoms with van der Waals surface area (Å²) in [7, 11) is 0. The Hall–Kier alpha value is -1.84. The van der Waals surface area contributed by atoms with E-state index in [0.717, 1.165) is 5.06 Å². The van der Waals surface area contributed by atoms with Gasteiger partial charge in [-0.05, 0) is 18.1 Å². The van der Waals surface area contributed by atoms with Crippen molar-refractivity contribution in [3.8, 4) is 0 Å². The largest absolute Gasteiger partial charge is 0.333 e. The van der Waals surface area contributed by atoms with Gasteiger partial charge in [-0.3, -0.25) is 4.79 Å². The average Bonchev–Trinajstić information content (AvgIpc) is 2.25. The third-order valence-electron chi connectivity index (χ3n) is 2.04. The molecule has 4 nitrogen and oxygen atoms in total.